The van der Waals surface area contributed by atoms with E-state index in [4.69, 9.17) is 0 Å². The van der Waals surface area contributed by atoms with Crippen LogP contribution in [0.3, 0.4) is 0 Å². The number of hydrogen-bond donors (Lipinski definition) is 5. The Bertz CT molecular complexity index is 716. The van der Waals surface area contributed by atoms with Crippen molar-refractivity contribution in [3.8, 4) is 0 Å². The fraction of sp³-hybridized carbons (Fsp3) is 0.733. The molecule has 0 amide bonds. The maximum atomic E-state index is 10.2. The highest BCUT2D eigenvalue weighted by Crippen LogP contribution is 2.19. The Hall–Kier alpha value is -1.24. The van der Waals surface area contributed by atoms with E-state index < -0.39 is 29.5 Å². The summed E-state index contributed by atoms with van der Waals surface area (Å²) in [4.78, 5) is 0. The number of unbranched alkanes of at least 4 members (excludes halogenated alkanes) is 1. The molecule has 35 heavy (non-hydrogen) atoms. The van der Waals surface area contributed by atoms with Crippen LogP contribution in [0.4, 0.5) is 0 Å². The molecule has 0 bridgehead atoms. The Morgan fingerprint density at radius 1 is 0.600 bits per heavy atom. The predicted molar refractivity (Wildman–Crippen MR) is 147 cm³/mol. The van der Waals surface area contributed by atoms with Gasteiger partial charge in [-0.15, -0.1) is 0 Å². The van der Waals surface area contributed by atoms with Crippen LogP contribution in [0, 0.1) is 0 Å². The summed E-state index contributed by atoms with van der Waals surface area (Å²) in [6, 6.07) is 0. The second-order valence-electron chi connectivity index (χ2n) is 11.4. The fourth-order valence-corrected chi connectivity index (χ4v) is 3.58. The Kier molecular flexibility index (Phi) is 15.9. The third-order valence-corrected chi connectivity index (χ3v) is 6.60. The number of rotatable bonds is 17. The Morgan fingerprint density at radius 3 is 1.46 bits per heavy atom. The highest BCUT2D eigenvalue weighted by atomic mass is 16.3. The quantitative estimate of drug-likeness (QED) is 0.128. The maximum Gasteiger partial charge on any atom is 0.0850 e. The summed E-state index contributed by atoms with van der Waals surface area (Å²) in [6.07, 6.45) is 13.8. The van der Waals surface area contributed by atoms with Gasteiger partial charge in [0.05, 0.1) is 29.5 Å². The van der Waals surface area contributed by atoms with Crippen LogP contribution >= 0.6 is 0 Å². The van der Waals surface area contributed by atoms with Crippen LogP contribution in [-0.2, 0) is 0 Å². The standard InChI is InChI=1S/C30H54O5/c1-22(15-11-16-24(3)19-20-27(32)29(5,6)34)13-9-10-14-23(2)17-12-18-25(4)26(31)21-28(33)30(7,8)35/h13-14,16,18,26-28,31-35H,9-12,15,17,19-21H2,1-8H3/b22-13+,23-14+,24-16+,25-18+. The SMILES string of the molecule is C/C(=C\CC/C=C(\C)CC/C=C(\C)C(O)CC(O)C(C)(C)O)CC/C=C(\C)CCC(O)C(C)(C)O. The first-order valence-corrected chi connectivity index (χ1v) is 13.2. The fourth-order valence-electron chi connectivity index (χ4n) is 3.58. The molecule has 3 atom stereocenters. The van der Waals surface area contributed by atoms with Crippen molar-refractivity contribution in [3.05, 3.63) is 46.6 Å². The van der Waals surface area contributed by atoms with Crippen molar-refractivity contribution < 1.29 is 25.5 Å². The zero-order valence-corrected chi connectivity index (χ0v) is 23.6. The number of aliphatic hydroxyl groups is 5. The molecule has 0 radical (unpaired) electrons. The lowest BCUT2D eigenvalue weighted by Crippen LogP contribution is -2.38. The third kappa shape index (κ3) is 17.0. The molecule has 0 aliphatic heterocycles. The van der Waals surface area contributed by atoms with Crippen molar-refractivity contribution in [3.63, 3.8) is 0 Å². The second-order valence-corrected chi connectivity index (χ2v) is 11.4. The van der Waals surface area contributed by atoms with Gasteiger partial charge in [0.25, 0.3) is 0 Å². The Morgan fingerprint density at radius 2 is 1.00 bits per heavy atom. The topological polar surface area (TPSA) is 101 Å². The minimum Gasteiger partial charge on any atom is -0.390 e. The van der Waals surface area contributed by atoms with Gasteiger partial charge in [-0.25, -0.2) is 0 Å². The van der Waals surface area contributed by atoms with Gasteiger partial charge in [0.1, 0.15) is 0 Å². The molecule has 0 saturated heterocycles. The number of aliphatic hydroxyl groups excluding tert-OH is 3. The van der Waals surface area contributed by atoms with Gasteiger partial charge in [0.15, 0.2) is 0 Å². The third-order valence-electron chi connectivity index (χ3n) is 6.60. The largest absolute Gasteiger partial charge is 0.390 e. The summed E-state index contributed by atoms with van der Waals surface area (Å²) < 4.78 is 0. The minimum absolute atomic E-state index is 0.132. The minimum atomic E-state index is -1.22. The average molecular weight is 495 g/mol. The molecule has 0 aromatic carbocycles. The van der Waals surface area contributed by atoms with Crippen molar-refractivity contribution in [2.75, 3.05) is 0 Å². The van der Waals surface area contributed by atoms with Gasteiger partial charge in [-0.1, -0.05) is 41.0 Å². The van der Waals surface area contributed by atoms with Gasteiger partial charge in [0, 0.05) is 6.42 Å². The van der Waals surface area contributed by atoms with Crippen LogP contribution in [0.25, 0.3) is 0 Å². The molecule has 0 spiro atoms. The number of allylic oxidation sites excluding steroid dienone is 7. The van der Waals surface area contributed by atoms with E-state index in [9.17, 15) is 25.5 Å². The van der Waals surface area contributed by atoms with E-state index in [-0.39, 0.29) is 6.42 Å². The molecule has 5 N–H and O–H groups in total. The second kappa shape index (κ2) is 16.5. The zero-order valence-electron chi connectivity index (χ0n) is 23.6. The zero-order chi connectivity index (χ0) is 27.2. The van der Waals surface area contributed by atoms with Crippen LogP contribution in [0.5, 0.6) is 0 Å². The molecule has 0 aromatic rings. The van der Waals surface area contributed by atoms with Crippen LogP contribution < -0.4 is 0 Å². The van der Waals surface area contributed by atoms with Crippen LogP contribution in [-0.4, -0.2) is 55.0 Å². The average Bonchev–Trinajstić information content (AvgIpc) is 2.73. The summed E-state index contributed by atoms with van der Waals surface area (Å²) in [5, 5.41) is 49.7. The molecule has 0 rings (SSSR count). The smallest absolute Gasteiger partial charge is 0.0850 e. The molecule has 0 aliphatic carbocycles. The molecule has 5 nitrogen and oxygen atoms in total. The molecule has 5 heteroatoms. The maximum absolute atomic E-state index is 10.2. The lowest BCUT2D eigenvalue weighted by Gasteiger charge is -2.26. The number of hydrogen-bond acceptors (Lipinski definition) is 5. The van der Waals surface area contributed by atoms with Gasteiger partial charge in [-0.3, -0.25) is 0 Å². The van der Waals surface area contributed by atoms with Crippen LogP contribution in [0.2, 0.25) is 0 Å². The van der Waals surface area contributed by atoms with Gasteiger partial charge in [0.2, 0.25) is 0 Å². The first-order valence-electron chi connectivity index (χ1n) is 13.2. The van der Waals surface area contributed by atoms with E-state index in [2.05, 4.69) is 39.0 Å². The van der Waals surface area contributed by atoms with E-state index in [1.807, 2.05) is 13.0 Å². The summed E-state index contributed by atoms with van der Waals surface area (Å²) in [5.41, 5.74) is 2.54. The van der Waals surface area contributed by atoms with E-state index in [1.54, 1.807) is 27.7 Å². The lowest BCUT2D eigenvalue weighted by atomic mass is 9.93. The molecular formula is C30H54O5. The van der Waals surface area contributed by atoms with Crippen molar-refractivity contribution in [1.29, 1.82) is 0 Å². The van der Waals surface area contributed by atoms with E-state index in [1.165, 1.54) is 16.7 Å². The predicted octanol–water partition coefficient (Wildman–Crippen LogP) is 5.91. The van der Waals surface area contributed by atoms with Crippen molar-refractivity contribution >= 4 is 0 Å². The Labute approximate surface area is 215 Å². The lowest BCUT2D eigenvalue weighted by molar-refractivity contribution is -0.0640. The van der Waals surface area contributed by atoms with Crippen molar-refractivity contribution in [2.24, 2.45) is 0 Å². The van der Waals surface area contributed by atoms with Crippen LogP contribution in [0.15, 0.2) is 46.6 Å². The molecule has 204 valence electrons. The summed E-state index contributed by atoms with van der Waals surface area (Å²) in [6.45, 7) is 14.6. The highest BCUT2D eigenvalue weighted by Gasteiger charge is 2.27. The van der Waals surface area contributed by atoms with Crippen molar-refractivity contribution in [2.45, 2.75) is 143 Å². The molecule has 0 aliphatic rings. The molecule has 3 unspecified atom stereocenters. The summed E-state index contributed by atoms with van der Waals surface area (Å²) >= 11 is 0. The normalized spacial score (nSPS) is 17.5. The van der Waals surface area contributed by atoms with Gasteiger partial charge in [-0.05, 0) is 112 Å². The van der Waals surface area contributed by atoms with E-state index >= 15 is 0 Å². The monoisotopic (exact) mass is 494 g/mol. The van der Waals surface area contributed by atoms with Crippen LogP contribution in [0.1, 0.15) is 113 Å². The van der Waals surface area contributed by atoms with Gasteiger partial charge in [-0.2, -0.15) is 0 Å². The molecular weight excluding hydrogens is 440 g/mol. The first-order chi connectivity index (χ1) is 16.0. The van der Waals surface area contributed by atoms with E-state index in [0.717, 1.165) is 50.5 Å². The van der Waals surface area contributed by atoms with E-state index in [0.29, 0.717) is 6.42 Å². The summed E-state index contributed by atoms with van der Waals surface area (Å²) in [7, 11) is 0. The van der Waals surface area contributed by atoms with Crippen molar-refractivity contribution in [1.82, 2.24) is 0 Å². The first kappa shape index (κ1) is 33.8. The molecule has 0 heterocycles. The Balaban J connectivity index is 4.28. The van der Waals surface area contributed by atoms with Gasteiger partial charge >= 0.3 is 0 Å². The molecule has 0 saturated carbocycles. The molecule has 0 fully saturated rings. The highest BCUT2D eigenvalue weighted by molar-refractivity contribution is 5.09. The summed E-state index contributed by atoms with van der Waals surface area (Å²) in [5.74, 6) is 0. The van der Waals surface area contributed by atoms with Gasteiger partial charge < -0.3 is 25.5 Å². The molecule has 0 aromatic heterocycles.